The molecule has 0 amide bonds. The molecule has 1 saturated heterocycles. The van der Waals surface area contributed by atoms with Gasteiger partial charge in [-0.25, -0.2) is 0 Å². The van der Waals surface area contributed by atoms with E-state index in [9.17, 15) is 0 Å². The lowest BCUT2D eigenvalue weighted by Crippen LogP contribution is -2.27. The SMILES string of the molecule is COCCNCC1CCOC1c1ccc(C2CC2)cc1. The molecule has 110 valence electrons. The van der Waals surface area contributed by atoms with Gasteiger partial charge in [0, 0.05) is 32.7 Å². The van der Waals surface area contributed by atoms with Gasteiger partial charge in [0.05, 0.1) is 12.7 Å². The van der Waals surface area contributed by atoms with E-state index in [0.717, 1.165) is 38.6 Å². The van der Waals surface area contributed by atoms with Crippen LogP contribution in [0.3, 0.4) is 0 Å². The first kappa shape index (κ1) is 14.1. The molecule has 1 aliphatic carbocycles. The average Bonchev–Trinajstić information content (AvgIpc) is 3.23. The molecule has 0 spiro atoms. The fourth-order valence-electron chi connectivity index (χ4n) is 3.05. The Kier molecular flexibility index (Phi) is 4.71. The van der Waals surface area contributed by atoms with Crippen molar-refractivity contribution in [2.24, 2.45) is 5.92 Å². The monoisotopic (exact) mass is 275 g/mol. The average molecular weight is 275 g/mol. The second-order valence-corrected chi connectivity index (χ2v) is 5.98. The zero-order valence-electron chi connectivity index (χ0n) is 12.3. The molecule has 0 aromatic heterocycles. The summed E-state index contributed by atoms with van der Waals surface area (Å²) < 4.78 is 11.0. The van der Waals surface area contributed by atoms with Gasteiger partial charge in [-0.1, -0.05) is 24.3 Å². The van der Waals surface area contributed by atoms with Crippen LogP contribution < -0.4 is 5.32 Å². The highest BCUT2D eigenvalue weighted by Gasteiger charge is 2.30. The molecule has 2 aliphatic rings. The molecule has 0 bridgehead atoms. The Hall–Kier alpha value is -0.900. The minimum Gasteiger partial charge on any atom is -0.383 e. The van der Waals surface area contributed by atoms with Crippen molar-refractivity contribution >= 4 is 0 Å². The Morgan fingerprint density at radius 2 is 1.90 bits per heavy atom. The molecule has 1 heterocycles. The summed E-state index contributed by atoms with van der Waals surface area (Å²) in [5, 5.41) is 3.46. The normalized spacial score (nSPS) is 26.1. The van der Waals surface area contributed by atoms with Crippen LogP contribution in [0.1, 0.15) is 42.4 Å². The van der Waals surface area contributed by atoms with E-state index in [1.165, 1.54) is 24.0 Å². The molecule has 0 radical (unpaired) electrons. The van der Waals surface area contributed by atoms with Crippen LogP contribution in [0.4, 0.5) is 0 Å². The molecule has 1 aromatic rings. The van der Waals surface area contributed by atoms with Gasteiger partial charge in [-0.15, -0.1) is 0 Å². The number of nitrogens with one attached hydrogen (secondary N) is 1. The Bertz CT molecular complexity index is 414. The van der Waals surface area contributed by atoms with Gasteiger partial charge >= 0.3 is 0 Å². The van der Waals surface area contributed by atoms with E-state index in [1.807, 2.05) is 0 Å². The van der Waals surface area contributed by atoms with Gasteiger partial charge in [0.2, 0.25) is 0 Å². The van der Waals surface area contributed by atoms with Crippen LogP contribution in [0.2, 0.25) is 0 Å². The number of methoxy groups -OCH3 is 1. The van der Waals surface area contributed by atoms with Crippen molar-refractivity contribution in [3.63, 3.8) is 0 Å². The number of hydrogen-bond acceptors (Lipinski definition) is 3. The first-order chi connectivity index (χ1) is 9.88. The van der Waals surface area contributed by atoms with E-state index >= 15 is 0 Å². The maximum absolute atomic E-state index is 5.95. The first-order valence-electron chi connectivity index (χ1n) is 7.79. The van der Waals surface area contributed by atoms with E-state index in [0.29, 0.717) is 5.92 Å². The highest BCUT2D eigenvalue weighted by Crippen LogP contribution is 2.41. The standard InChI is InChI=1S/C17H25NO2/c1-19-11-9-18-12-16-8-10-20-17(16)15-6-4-14(5-7-15)13-2-3-13/h4-7,13,16-18H,2-3,8-12H2,1H3. The highest BCUT2D eigenvalue weighted by molar-refractivity contribution is 5.29. The fraction of sp³-hybridized carbons (Fsp3) is 0.647. The van der Waals surface area contributed by atoms with Gasteiger partial charge in [0.15, 0.2) is 0 Å². The maximum atomic E-state index is 5.95. The number of benzene rings is 1. The Balaban J connectivity index is 1.56. The molecule has 3 rings (SSSR count). The molecular weight excluding hydrogens is 250 g/mol. The Labute approximate surface area is 121 Å². The van der Waals surface area contributed by atoms with E-state index in [1.54, 1.807) is 7.11 Å². The minimum absolute atomic E-state index is 0.262. The molecule has 1 aliphatic heterocycles. The smallest absolute Gasteiger partial charge is 0.0866 e. The van der Waals surface area contributed by atoms with Gasteiger partial charge in [-0.05, 0) is 36.3 Å². The summed E-state index contributed by atoms with van der Waals surface area (Å²) in [7, 11) is 1.74. The van der Waals surface area contributed by atoms with E-state index in [4.69, 9.17) is 9.47 Å². The maximum Gasteiger partial charge on any atom is 0.0866 e. The number of ether oxygens (including phenoxy) is 2. The lowest BCUT2D eigenvalue weighted by Gasteiger charge is -2.19. The largest absolute Gasteiger partial charge is 0.383 e. The summed E-state index contributed by atoms with van der Waals surface area (Å²) in [6, 6.07) is 9.13. The van der Waals surface area contributed by atoms with Crippen LogP contribution in [-0.4, -0.2) is 33.4 Å². The molecule has 2 atom stereocenters. The topological polar surface area (TPSA) is 30.5 Å². The summed E-state index contributed by atoms with van der Waals surface area (Å²) in [6.07, 6.45) is 4.14. The van der Waals surface area contributed by atoms with Gasteiger partial charge < -0.3 is 14.8 Å². The molecule has 2 fully saturated rings. The van der Waals surface area contributed by atoms with E-state index in [2.05, 4.69) is 29.6 Å². The molecule has 1 aromatic carbocycles. The third-order valence-corrected chi connectivity index (χ3v) is 4.42. The van der Waals surface area contributed by atoms with Crippen molar-refractivity contribution in [3.05, 3.63) is 35.4 Å². The number of hydrogen-bond donors (Lipinski definition) is 1. The van der Waals surface area contributed by atoms with Crippen LogP contribution in [-0.2, 0) is 9.47 Å². The summed E-state index contributed by atoms with van der Waals surface area (Å²) >= 11 is 0. The lowest BCUT2D eigenvalue weighted by molar-refractivity contribution is 0.0898. The molecule has 2 unspecified atom stereocenters. The summed E-state index contributed by atoms with van der Waals surface area (Å²) in [5.74, 6) is 1.42. The predicted molar refractivity (Wildman–Crippen MR) is 80.0 cm³/mol. The van der Waals surface area contributed by atoms with Crippen LogP contribution in [0.5, 0.6) is 0 Å². The van der Waals surface area contributed by atoms with Crippen molar-refractivity contribution < 1.29 is 9.47 Å². The summed E-state index contributed by atoms with van der Waals surface area (Å²) in [6.45, 7) is 3.58. The van der Waals surface area contributed by atoms with Crippen molar-refractivity contribution in [1.82, 2.24) is 5.32 Å². The van der Waals surface area contributed by atoms with Crippen molar-refractivity contribution in [3.8, 4) is 0 Å². The Morgan fingerprint density at radius 3 is 2.60 bits per heavy atom. The zero-order valence-corrected chi connectivity index (χ0v) is 12.3. The van der Waals surface area contributed by atoms with Crippen LogP contribution in [0.15, 0.2) is 24.3 Å². The van der Waals surface area contributed by atoms with Gasteiger partial charge in [-0.2, -0.15) is 0 Å². The predicted octanol–water partition coefficient (Wildman–Crippen LogP) is 2.88. The van der Waals surface area contributed by atoms with E-state index in [-0.39, 0.29) is 6.10 Å². The van der Waals surface area contributed by atoms with Crippen molar-refractivity contribution in [2.45, 2.75) is 31.3 Å². The molecule has 1 saturated carbocycles. The molecule has 3 nitrogen and oxygen atoms in total. The van der Waals surface area contributed by atoms with Gasteiger partial charge in [0.1, 0.15) is 0 Å². The highest BCUT2D eigenvalue weighted by atomic mass is 16.5. The summed E-state index contributed by atoms with van der Waals surface area (Å²) in [5.41, 5.74) is 2.84. The number of rotatable bonds is 7. The first-order valence-corrected chi connectivity index (χ1v) is 7.79. The third kappa shape index (κ3) is 3.40. The Morgan fingerprint density at radius 1 is 1.15 bits per heavy atom. The lowest BCUT2D eigenvalue weighted by atomic mass is 9.94. The van der Waals surface area contributed by atoms with Crippen molar-refractivity contribution in [1.29, 1.82) is 0 Å². The van der Waals surface area contributed by atoms with Gasteiger partial charge in [-0.3, -0.25) is 0 Å². The minimum atomic E-state index is 0.262. The molecule has 3 heteroatoms. The molecule has 20 heavy (non-hydrogen) atoms. The quantitative estimate of drug-likeness (QED) is 0.776. The summed E-state index contributed by atoms with van der Waals surface area (Å²) in [4.78, 5) is 0. The second kappa shape index (κ2) is 6.70. The van der Waals surface area contributed by atoms with Crippen LogP contribution >= 0.6 is 0 Å². The fourth-order valence-corrected chi connectivity index (χ4v) is 3.05. The third-order valence-electron chi connectivity index (χ3n) is 4.42. The van der Waals surface area contributed by atoms with Crippen molar-refractivity contribution in [2.75, 3.05) is 33.4 Å². The van der Waals surface area contributed by atoms with Gasteiger partial charge in [0.25, 0.3) is 0 Å². The zero-order chi connectivity index (χ0) is 13.8. The van der Waals surface area contributed by atoms with Crippen LogP contribution in [0, 0.1) is 5.92 Å². The van der Waals surface area contributed by atoms with Crippen LogP contribution in [0.25, 0.3) is 0 Å². The molecule has 1 N–H and O–H groups in total. The van der Waals surface area contributed by atoms with E-state index < -0.39 is 0 Å². The second-order valence-electron chi connectivity index (χ2n) is 5.98. The molecular formula is C17H25NO2.